The lowest BCUT2D eigenvalue weighted by Crippen LogP contribution is -2.42. The van der Waals surface area contributed by atoms with Gasteiger partial charge in [-0.05, 0) is 50.4 Å². The van der Waals surface area contributed by atoms with Crippen molar-refractivity contribution >= 4 is 0 Å². The maximum absolute atomic E-state index is 6.22. The van der Waals surface area contributed by atoms with Crippen molar-refractivity contribution in [3.63, 3.8) is 0 Å². The molecule has 2 nitrogen and oxygen atoms in total. The molecule has 0 aromatic heterocycles. The minimum Gasteiger partial charge on any atom is -0.489 e. The summed E-state index contributed by atoms with van der Waals surface area (Å²) >= 11 is 0. The monoisotopic (exact) mass is 247 g/mol. The molecule has 100 valence electrons. The summed E-state index contributed by atoms with van der Waals surface area (Å²) in [4.78, 5) is 0. The van der Waals surface area contributed by atoms with E-state index in [9.17, 15) is 0 Å². The lowest BCUT2D eigenvalue weighted by Gasteiger charge is -2.27. The van der Waals surface area contributed by atoms with Gasteiger partial charge in [-0.3, -0.25) is 0 Å². The molecule has 0 aliphatic heterocycles. The van der Waals surface area contributed by atoms with Gasteiger partial charge in [-0.2, -0.15) is 0 Å². The summed E-state index contributed by atoms with van der Waals surface area (Å²) in [5.41, 5.74) is 1.26. The molecule has 0 heterocycles. The maximum Gasteiger partial charge on any atom is 0.120 e. The molecule has 2 atom stereocenters. The van der Waals surface area contributed by atoms with Gasteiger partial charge in [0, 0.05) is 6.04 Å². The van der Waals surface area contributed by atoms with Gasteiger partial charge < -0.3 is 10.1 Å². The van der Waals surface area contributed by atoms with Crippen LogP contribution in [0.3, 0.4) is 0 Å². The van der Waals surface area contributed by atoms with Gasteiger partial charge in [0.25, 0.3) is 0 Å². The van der Waals surface area contributed by atoms with E-state index in [1.807, 2.05) is 0 Å². The van der Waals surface area contributed by atoms with Crippen LogP contribution >= 0.6 is 0 Å². The number of likely N-dealkylation sites (N-methyl/N-ethyl adjacent to an activating group) is 1. The molecule has 1 aliphatic carbocycles. The van der Waals surface area contributed by atoms with E-state index in [1.54, 1.807) is 0 Å². The van der Waals surface area contributed by atoms with Gasteiger partial charge in [-0.15, -0.1) is 0 Å². The quantitative estimate of drug-likeness (QED) is 0.819. The average Bonchev–Trinajstić information content (AvgIpc) is 2.56. The predicted molar refractivity (Wildman–Crippen MR) is 76.1 cm³/mol. The van der Waals surface area contributed by atoms with Gasteiger partial charge in [-0.1, -0.05) is 31.9 Å². The minimum absolute atomic E-state index is 0.328. The first-order valence-electron chi connectivity index (χ1n) is 7.26. The zero-order valence-electron chi connectivity index (χ0n) is 11.6. The zero-order valence-corrected chi connectivity index (χ0v) is 11.6. The van der Waals surface area contributed by atoms with E-state index in [0.717, 1.165) is 12.3 Å². The Morgan fingerprint density at radius 1 is 1.22 bits per heavy atom. The van der Waals surface area contributed by atoms with Crippen molar-refractivity contribution in [2.45, 2.75) is 58.1 Å². The highest BCUT2D eigenvalue weighted by Crippen LogP contribution is 2.23. The highest BCUT2D eigenvalue weighted by Gasteiger charge is 2.24. The van der Waals surface area contributed by atoms with E-state index in [2.05, 4.69) is 43.4 Å². The molecular formula is C16H25NO. The number of hydrogen-bond donors (Lipinski definition) is 1. The van der Waals surface area contributed by atoms with E-state index in [4.69, 9.17) is 4.74 Å². The Hall–Kier alpha value is -1.02. The average molecular weight is 247 g/mol. The fraction of sp³-hybridized carbons (Fsp3) is 0.625. The molecule has 0 amide bonds. The molecular weight excluding hydrogens is 222 g/mol. The van der Waals surface area contributed by atoms with Crippen LogP contribution in [-0.4, -0.2) is 18.7 Å². The first kappa shape index (κ1) is 13.4. The van der Waals surface area contributed by atoms with Crippen LogP contribution in [0.4, 0.5) is 0 Å². The SMILES string of the molecule is CCNC1CCCCCC1Oc1cccc(C)c1. The second kappa shape index (κ2) is 6.79. The molecule has 0 bridgehead atoms. The van der Waals surface area contributed by atoms with Crippen LogP contribution in [0.2, 0.25) is 0 Å². The smallest absolute Gasteiger partial charge is 0.120 e. The van der Waals surface area contributed by atoms with E-state index < -0.39 is 0 Å². The van der Waals surface area contributed by atoms with E-state index >= 15 is 0 Å². The van der Waals surface area contributed by atoms with Crippen molar-refractivity contribution in [2.24, 2.45) is 0 Å². The molecule has 0 spiro atoms. The van der Waals surface area contributed by atoms with Crippen molar-refractivity contribution in [3.05, 3.63) is 29.8 Å². The van der Waals surface area contributed by atoms with E-state index in [-0.39, 0.29) is 0 Å². The standard InChI is InChI=1S/C16H25NO/c1-3-17-15-10-5-4-6-11-16(15)18-14-9-7-8-13(2)12-14/h7-9,12,15-17H,3-6,10-11H2,1-2H3. The Morgan fingerprint density at radius 2 is 2.06 bits per heavy atom. The minimum atomic E-state index is 0.328. The zero-order chi connectivity index (χ0) is 12.8. The van der Waals surface area contributed by atoms with Gasteiger partial charge in [0.15, 0.2) is 0 Å². The lowest BCUT2D eigenvalue weighted by molar-refractivity contribution is 0.145. The molecule has 1 aromatic rings. The summed E-state index contributed by atoms with van der Waals surface area (Å²) in [6.07, 6.45) is 6.70. The van der Waals surface area contributed by atoms with Crippen molar-refractivity contribution in [1.29, 1.82) is 0 Å². The third-order valence-electron chi connectivity index (χ3n) is 3.70. The van der Waals surface area contributed by atoms with Crippen LogP contribution in [0, 0.1) is 6.92 Å². The Kier molecular flexibility index (Phi) is 5.06. The molecule has 2 heteroatoms. The Labute approximate surface area is 111 Å². The van der Waals surface area contributed by atoms with Crippen molar-refractivity contribution in [1.82, 2.24) is 5.32 Å². The number of aryl methyl sites for hydroxylation is 1. The Morgan fingerprint density at radius 3 is 2.83 bits per heavy atom. The summed E-state index contributed by atoms with van der Waals surface area (Å²) in [7, 11) is 0. The van der Waals surface area contributed by atoms with Crippen LogP contribution in [0.15, 0.2) is 24.3 Å². The van der Waals surface area contributed by atoms with E-state index in [1.165, 1.54) is 37.7 Å². The molecule has 0 saturated heterocycles. The van der Waals surface area contributed by atoms with Gasteiger partial charge in [0.2, 0.25) is 0 Å². The van der Waals surface area contributed by atoms with Crippen LogP contribution < -0.4 is 10.1 Å². The summed E-state index contributed by atoms with van der Waals surface area (Å²) in [6.45, 7) is 5.31. The fourth-order valence-corrected chi connectivity index (χ4v) is 2.77. The molecule has 1 saturated carbocycles. The van der Waals surface area contributed by atoms with Gasteiger partial charge in [-0.25, -0.2) is 0 Å². The van der Waals surface area contributed by atoms with Gasteiger partial charge in [0.05, 0.1) is 0 Å². The normalized spacial score (nSPS) is 24.6. The van der Waals surface area contributed by atoms with Crippen LogP contribution in [0.25, 0.3) is 0 Å². The van der Waals surface area contributed by atoms with Crippen molar-refractivity contribution < 1.29 is 4.74 Å². The van der Waals surface area contributed by atoms with Crippen LogP contribution in [-0.2, 0) is 0 Å². The van der Waals surface area contributed by atoms with Crippen molar-refractivity contribution in [2.75, 3.05) is 6.54 Å². The number of hydrogen-bond acceptors (Lipinski definition) is 2. The third-order valence-corrected chi connectivity index (χ3v) is 3.70. The molecule has 1 fully saturated rings. The first-order valence-corrected chi connectivity index (χ1v) is 7.26. The van der Waals surface area contributed by atoms with Gasteiger partial charge in [0.1, 0.15) is 11.9 Å². The number of ether oxygens (including phenoxy) is 1. The molecule has 1 aromatic carbocycles. The number of benzene rings is 1. The molecule has 2 rings (SSSR count). The number of nitrogens with one attached hydrogen (secondary N) is 1. The summed E-state index contributed by atoms with van der Waals surface area (Å²) in [5, 5.41) is 3.58. The molecule has 1 aliphatic rings. The van der Waals surface area contributed by atoms with Crippen molar-refractivity contribution in [3.8, 4) is 5.75 Å². The number of rotatable bonds is 4. The first-order chi connectivity index (χ1) is 8.79. The summed E-state index contributed by atoms with van der Waals surface area (Å²) in [5.74, 6) is 1.02. The molecule has 1 N–H and O–H groups in total. The Bertz CT molecular complexity index is 364. The molecule has 2 unspecified atom stereocenters. The van der Waals surface area contributed by atoms with E-state index in [0.29, 0.717) is 12.1 Å². The van der Waals surface area contributed by atoms with Gasteiger partial charge >= 0.3 is 0 Å². The largest absolute Gasteiger partial charge is 0.489 e. The Balaban J connectivity index is 2.03. The second-order valence-electron chi connectivity index (χ2n) is 5.27. The predicted octanol–water partition coefficient (Wildman–Crippen LogP) is 3.68. The highest BCUT2D eigenvalue weighted by atomic mass is 16.5. The third kappa shape index (κ3) is 3.74. The van der Waals surface area contributed by atoms with Crippen LogP contribution in [0.5, 0.6) is 5.75 Å². The maximum atomic E-state index is 6.22. The topological polar surface area (TPSA) is 21.3 Å². The lowest BCUT2D eigenvalue weighted by atomic mass is 10.1. The summed E-state index contributed by atoms with van der Waals surface area (Å²) in [6, 6.07) is 8.90. The highest BCUT2D eigenvalue weighted by molar-refractivity contribution is 5.27. The fourth-order valence-electron chi connectivity index (χ4n) is 2.77. The van der Waals surface area contributed by atoms with Crippen LogP contribution in [0.1, 0.15) is 44.6 Å². The second-order valence-corrected chi connectivity index (χ2v) is 5.27. The molecule has 0 radical (unpaired) electrons. The summed E-state index contributed by atoms with van der Waals surface area (Å²) < 4.78 is 6.22. The molecule has 18 heavy (non-hydrogen) atoms.